The molecule has 2 unspecified atom stereocenters. The zero-order valence-corrected chi connectivity index (χ0v) is 20.3. The molecule has 1 rings (SSSR count). The van der Waals surface area contributed by atoms with E-state index in [1.54, 1.807) is 45.0 Å². The molecule has 3 N–H and O–H groups in total. The second-order valence-corrected chi connectivity index (χ2v) is 8.64. The number of ether oxygens (including phenoxy) is 1. The summed E-state index contributed by atoms with van der Waals surface area (Å²) < 4.78 is 5.16. The highest BCUT2D eigenvalue weighted by Crippen LogP contribution is 2.25. The van der Waals surface area contributed by atoms with E-state index in [1.807, 2.05) is 13.0 Å². The maximum absolute atomic E-state index is 13.4. The minimum absolute atomic E-state index is 0.357. The molecule has 0 heterocycles. The third-order valence-corrected chi connectivity index (χ3v) is 4.75. The SMILES string of the molecule is C#Cc1ccccc1C(C(=O)NCCCCC)N(CC#N)C(=O)C(CO)NC(=O)OC(C)(C)C. The van der Waals surface area contributed by atoms with Crippen molar-refractivity contribution in [1.29, 1.82) is 5.26 Å². The molecule has 0 saturated carbocycles. The molecule has 9 nitrogen and oxygen atoms in total. The number of alkyl carbamates (subject to hydrolysis) is 1. The van der Waals surface area contributed by atoms with Crippen molar-refractivity contribution in [2.45, 2.75) is 64.6 Å². The largest absolute Gasteiger partial charge is 0.444 e. The molecular formula is C25H34N4O5. The Balaban J connectivity index is 3.35. The smallest absolute Gasteiger partial charge is 0.408 e. The van der Waals surface area contributed by atoms with Crippen molar-refractivity contribution in [2.24, 2.45) is 0 Å². The van der Waals surface area contributed by atoms with Crippen LogP contribution in [0.1, 0.15) is 64.1 Å². The van der Waals surface area contributed by atoms with Crippen LogP contribution in [0.4, 0.5) is 4.79 Å². The van der Waals surface area contributed by atoms with Crippen LogP contribution >= 0.6 is 0 Å². The van der Waals surface area contributed by atoms with E-state index in [-0.39, 0.29) is 0 Å². The first-order valence-corrected chi connectivity index (χ1v) is 11.2. The van der Waals surface area contributed by atoms with Gasteiger partial charge in [0, 0.05) is 12.1 Å². The number of aliphatic hydroxyl groups excluding tert-OH is 1. The minimum Gasteiger partial charge on any atom is -0.444 e. The predicted octanol–water partition coefficient (Wildman–Crippen LogP) is 2.25. The normalized spacial score (nSPS) is 12.4. The summed E-state index contributed by atoms with van der Waals surface area (Å²) in [7, 11) is 0. The van der Waals surface area contributed by atoms with Crippen LogP contribution in [0.25, 0.3) is 0 Å². The molecule has 1 aromatic carbocycles. The monoisotopic (exact) mass is 470 g/mol. The Morgan fingerprint density at radius 3 is 2.47 bits per heavy atom. The minimum atomic E-state index is -1.43. The van der Waals surface area contributed by atoms with E-state index < -0.39 is 48.7 Å². The summed E-state index contributed by atoms with van der Waals surface area (Å²) in [6.45, 7) is 6.14. The third kappa shape index (κ3) is 8.76. The van der Waals surface area contributed by atoms with Crippen LogP contribution in [-0.2, 0) is 14.3 Å². The number of aliphatic hydroxyl groups is 1. The number of amides is 3. The lowest BCUT2D eigenvalue weighted by Crippen LogP contribution is -2.54. The first kappa shape index (κ1) is 28.5. The van der Waals surface area contributed by atoms with Gasteiger partial charge in [-0.25, -0.2) is 4.79 Å². The molecule has 0 aliphatic carbocycles. The molecule has 0 aromatic heterocycles. The lowest BCUT2D eigenvalue weighted by molar-refractivity contribution is -0.142. The van der Waals surface area contributed by atoms with E-state index in [1.165, 1.54) is 0 Å². The molecule has 0 saturated heterocycles. The van der Waals surface area contributed by atoms with Gasteiger partial charge in [0.2, 0.25) is 11.8 Å². The van der Waals surface area contributed by atoms with Crippen LogP contribution in [0.3, 0.4) is 0 Å². The summed E-state index contributed by atoms with van der Waals surface area (Å²) >= 11 is 0. The van der Waals surface area contributed by atoms with Crippen molar-refractivity contribution in [3.8, 4) is 18.4 Å². The van der Waals surface area contributed by atoms with Gasteiger partial charge in [-0.1, -0.05) is 43.9 Å². The maximum Gasteiger partial charge on any atom is 0.408 e. The molecule has 2 atom stereocenters. The Morgan fingerprint density at radius 1 is 1.24 bits per heavy atom. The summed E-state index contributed by atoms with van der Waals surface area (Å²) in [4.78, 5) is 39.8. The number of nitrogens with zero attached hydrogens (tertiary/aromatic N) is 2. The maximum atomic E-state index is 13.4. The van der Waals surface area contributed by atoms with Crippen LogP contribution in [0.5, 0.6) is 0 Å². The van der Waals surface area contributed by atoms with Crippen LogP contribution in [0.15, 0.2) is 24.3 Å². The standard InChI is InChI=1S/C25H34N4O5/c1-6-8-11-15-27-22(31)21(19-13-10-9-12-18(19)7-2)29(16-14-26)23(32)20(17-30)28-24(33)34-25(3,4)5/h2,9-10,12-13,20-21,30H,6,8,11,15-17H2,1,3-5H3,(H,27,31)(H,28,33). The van der Waals surface area contributed by atoms with Crippen LogP contribution in [0, 0.1) is 23.7 Å². The number of terminal acetylenes is 1. The number of unbranched alkanes of at least 4 members (excludes halogenated alkanes) is 2. The molecule has 0 radical (unpaired) electrons. The van der Waals surface area contributed by atoms with Crippen molar-refractivity contribution in [1.82, 2.24) is 15.5 Å². The molecule has 0 aliphatic heterocycles. The van der Waals surface area contributed by atoms with Crippen LogP contribution < -0.4 is 10.6 Å². The molecule has 0 aliphatic rings. The number of hydrogen-bond acceptors (Lipinski definition) is 6. The number of carbonyl (C=O) groups excluding carboxylic acids is 3. The fourth-order valence-electron chi connectivity index (χ4n) is 3.21. The topological polar surface area (TPSA) is 132 Å². The van der Waals surface area contributed by atoms with Crippen LogP contribution in [0.2, 0.25) is 0 Å². The Hall–Kier alpha value is -3.56. The average molecular weight is 471 g/mol. The Morgan fingerprint density at radius 2 is 1.91 bits per heavy atom. The zero-order chi connectivity index (χ0) is 25.7. The van der Waals surface area contributed by atoms with E-state index in [0.717, 1.165) is 24.2 Å². The number of nitrogens with one attached hydrogen (secondary N) is 2. The number of benzene rings is 1. The van der Waals surface area contributed by atoms with Gasteiger partial charge in [-0.2, -0.15) is 5.26 Å². The van der Waals surface area contributed by atoms with Gasteiger partial charge in [0.25, 0.3) is 0 Å². The summed E-state index contributed by atoms with van der Waals surface area (Å²) in [5.74, 6) is 1.16. The lowest BCUT2D eigenvalue weighted by Gasteiger charge is -2.32. The second kappa shape index (κ2) is 13.9. The van der Waals surface area contributed by atoms with Crippen molar-refractivity contribution in [2.75, 3.05) is 19.7 Å². The molecule has 3 amide bonds. The molecule has 184 valence electrons. The van der Waals surface area contributed by atoms with Gasteiger partial charge in [-0.15, -0.1) is 6.42 Å². The van der Waals surface area contributed by atoms with E-state index in [2.05, 4.69) is 16.6 Å². The van der Waals surface area contributed by atoms with Gasteiger partial charge < -0.3 is 25.4 Å². The Labute approximate surface area is 201 Å². The fourth-order valence-corrected chi connectivity index (χ4v) is 3.21. The highest BCUT2D eigenvalue weighted by atomic mass is 16.6. The van der Waals surface area contributed by atoms with E-state index in [0.29, 0.717) is 17.7 Å². The van der Waals surface area contributed by atoms with E-state index in [9.17, 15) is 24.8 Å². The van der Waals surface area contributed by atoms with Gasteiger partial charge in [-0.3, -0.25) is 9.59 Å². The van der Waals surface area contributed by atoms with Crippen molar-refractivity contribution in [3.63, 3.8) is 0 Å². The summed E-state index contributed by atoms with van der Waals surface area (Å²) in [5, 5.41) is 24.4. The van der Waals surface area contributed by atoms with Gasteiger partial charge in [0.05, 0.1) is 12.7 Å². The Kier molecular flexibility index (Phi) is 11.6. The first-order chi connectivity index (χ1) is 16.1. The molecule has 1 aromatic rings. The predicted molar refractivity (Wildman–Crippen MR) is 127 cm³/mol. The summed E-state index contributed by atoms with van der Waals surface area (Å²) in [5.41, 5.74) is -0.0882. The van der Waals surface area contributed by atoms with Crippen LogP contribution in [-0.4, -0.2) is 59.3 Å². The number of carbonyl (C=O) groups is 3. The zero-order valence-electron chi connectivity index (χ0n) is 20.3. The second-order valence-electron chi connectivity index (χ2n) is 8.64. The first-order valence-electron chi connectivity index (χ1n) is 11.2. The van der Waals surface area contributed by atoms with E-state index in [4.69, 9.17) is 11.2 Å². The van der Waals surface area contributed by atoms with E-state index >= 15 is 0 Å². The molecule has 0 bridgehead atoms. The third-order valence-electron chi connectivity index (χ3n) is 4.75. The molecular weight excluding hydrogens is 436 g/mol. The Bertz CT molecular complexity index is 926. The molecule has 0 fully saturated rings. The van der Waals surface area contributed by atoms with Crippen molar-refractivity contribution in [3.05, 3.63) is 35.4 Å². The molecule has 9 heteroatoms. The van der Waals surface area contributed by atoms with Crippen molar-refractivity contribution >= 4 is 17.9 Å². The summed E-state index contributed by atoms with van der Waals surface area (Å²) in [6.07, 6.45) is 7.34. The molecule has 34 heavy (non-hydrogen) atoms. The number of hydrogen-bond donors (Lipinski definition) is 3. The summed E-state index contributed by atoms with van der Waals surface area (Å²) in [6, 6.07) is 5.82. The number of rotatable bonds is 11. The average Bonchev–Trinajstić information content (AvgIpc) is 2.78. The van der Waals surface area contributed by atoms with Gasteiger partial charge >= 0.3 is 6.09 Å². The van der Waals surface area contributed by atoms with Crippen molar-refractivity contribution < 1.29 is 24.2 Å². The number of nitriles is 1. The quantitative estimate of drug-likeness (QED) is 0.258. The van der Waals surface area contributed by atoms with Gasteiger partial charge in [-0.05, 0) is 38.8 Å². The van der Waals surface area contributed by atoms with Gasteiger partial charge in [0.15, 0.2) is 0 Å². The fraction of sp³-hybridized carbons (Fsp3) is 0.520. The highest BCUT2D eigenvalue weighted by molar-refractivity contribution is 5.92. The van der Waals surface area contributed by atoms with Gasteiger partial charge in [0.1, 0.15) is 24.2 Å². The molecule has 0 spiro atoms. The lowest BCUT2D eigenvalue weighted by atomic mass is 9.97. The highest BCUT2D eigenvalue weighted by Gasteiger charge is 2.36.